The highest BCUT2D eigenvalue weighted by atomic mass is 32.2. The van der Waals surface area contributed by atoms with Crippen molar-refractivity contribution >= 4 is 34.0 Å². The van der Waals surface area contributed by atoms with Gasteiger partial charge in [-0.2, -0.15) is 47.9 Å². The standard InChI is InChI=1S/C22H23O2P.C4HF9O3S/c1-3-23-18-10-14-21(15-11-18)25(20-8-6-5-7-9-20)22-16-12-19(13-17-22)24-4-2;5-1(6,3(9,10)11)2(7,8)4(12,13)17(14,15)16/h5-17H,3-4H2,1-2H3;(H,14,15,16). The lowest BCUT2D eigenvalue weighted by Gasteiger charge is -2.31. The van der Waals surface area contributed by atoms with Crippen molar-refractivity contribution in [2.45, 2.75) is 37.1 Å². The minimum atomic E-state index is -7.37. The van der Waals surface area contributed by atoms with E-state index in [4.69, 9.17) is 14.0 Å². The Morgan fingerprint density at radius 3 is 1.29 bits per heavy atom. The molecule has 0 aliphatic carbocycles. The fraction of sp³-hybridized carbons (Fsp3) is 0.308. The fourth-order valence-corrected chi connectivity index (χ4v) is 5.97. The van der Waals surface area contributed by atoms with Crippen LogP contribution in [0.3, 0.4) is 0 Å². The van der Waals surface area contributed by atoms with Gasteiger partial charge < -0.3 is 9.47 Å². The smallest absolute Gasteiger partial charge is 0.460 e. The fourth-order valence-electron chi connectivity index (χ4n) is 3.26. The molecule has 0 saturated carbocycles. The quantitative estimate of drug-likeness (QED) is 0.153. The zero-order valence-electron chi connectivity index (χ0n) is 21.8. The second kappa shape index (κ2) is 13.5. The lowest BCUT2D eigenvalue weighted by molar-refractivity contribution is -0.382. The summed E-state index contributed by atoms with van der Waals surface area (Å²) < 4.78 is 145. The molecule has 0 amide bonds. The summed E-state index contributed by atoms with van der Waals surface area (Å²) in [5, 5.41) is -3.03. The molecule has 0 heterocycles. The molecule has 0 fully saturated rings. The van der Waals surface area contributed by atoms with Gasteiger partial charge in [0.05, 0.1) is 13.2 Å². The molecule has 42 heavy (non-hydrogen) atoms. The summed E-state index contributed by atoms with van der Waals surface area (Å²) in [5.41, 5.74) is 0. The Morgan fingerprint density at radius 2 is 0.976 bits per heavy atom. The van der Waals surface area contributed by atoms with Crippen molar-refractivity contribution in [2.75, 3.05) is 13.2 Å². The average Bonchev–Trinajstić information content (AvgIpc) is 2.91. The van der Waals surface area contributed by atoms with Crippen LogP contribution in [0.1, 0.15) is 13.8 Å². The maximum Gasteiger partial charge on any atom is 0.460 e. The third kappa shape index (κ3) is 7.67. The molecule has 0 aliphatic rings. The molecule has 16 heteroatoms. The van der Waals surface area contributed by atoms with Crippen LogP contribution in [-0.2, 0) is 10.1 Å². The van der Waals surface area contributed by atoms with Gasteiger partial charge in [0.25, 0.3) is 0 Å². The van der Waals surface area contributed by atoms with Crippen molar-refractivity contribution < 1.29 is 62.0 Å². The predicted molar refractivity (Wildman–Crippen MR) is 140 cm³/mol. The van der Waals surface area contributed by atoms with Crippen LogP contribution in [0.5, 0.6) is 11.5 Å². The normalized spacial score (nSPS) is 12.9. The minimum absolute atomic E-state index is 0.600. The number of hydrogen-bond donors (Lipinski definition) is 1. The number of benzene rings is 3. The van der Waals surface area contributed by atoms with E-state index in [1.165, 1.54) is 15.9 Å². The third-order valence-corrected chi connectivity index (χ3v) is 8.61. The van der Waals surface area contributed by atoms with Crippen LogP contribution in [-0.4, -0.2) is 49.5 Å². The molecule has 1 N–H and O–H groups in total. The van der Waals surface area contributed by atoms with E-state index in [0.29, 0.717) is 13.2 Å². The SMILES string of the molecule is CCOc1ccc(P(c2ccccc2)c2ccc(OCC)cc2)cc1.O=S(=O)(O)C(F)(F)C(F)(F)C(F)(F)C(F)(F)F. The monoisotopic (exact) mass is 650 g/mol. The lowest BCUT2D eigenvalue weighted by Crippen LogP contribution is -2.63. The van der Waals surface area contributed by atoms with Crippen molar-refractivity contribution in [3.63, 3.8) is 0 Å². The Bertz CT molecular complexity index is 1330. The van der Waals surface area contributed by atoms with Crippen molar-refractivity contribution in [3.8, 4) is 11.5 Å². The van der Waals surface area contributed by atoms with E-state index in [2.05, 4.69) is 78.9 Å². The summed E-state index contributed by atoms with van der Waals surface area (Å²) >= 11 is 0. The van der Waals surface area contributed by atoms with E-state index in [1.807, 2.05) is 13.8 Å². The molecule has 3 rings (SSSR count). The molecule has 3 aromatic rings. The van der Waals surface area contributed by atoms with E-state index in [0.717, 1.165) is 11.5 Å². The Kier molecular flexibility index (Phi) is 11.3. The third-order valence-electron chi connectivity index (χ3n) is 5.27. The van der Waals surface area contributed by atoms with Gasteiger partial charge in [0.15, 0.2) is 0 Å². The van der Waals surface area contributed by atoms with Gasteiger partial charge in [-0.15, -0.1) is 0 Å². The summed E-state index contributed by atoms with van der Waals surface area (Å²) in [6.07, 6.45) is -7.13. The van der Waals surface area contributed by atoms with E-state index in [-0.39, 0.29) is 0 Å². The Balaban J connectivity index is 0.000000319. The summed E-state index contributed by atoms with van der Waals surface area (Å²) in [4.78, 5) is 0. The molecule has 0 bridgehead atoms. The molecule has 0 radical (unpaired) electrons. The summed E-state index contributed by atoms with van der Waals surface area (Å²) in [6.45, 7) is 5.38. The van der Waals surface area contributed by atoms with E-state index >= 15 is 0 Å². The van der Waals surface area contributed by atoms with Crippen LogP contribution in [0.4, 0.5) is 39.5 Å². The van der Waals surface area contributed by atoms with Gasteiger partial charge in [0.2, 0.25) is 0 Å². The highest BCUT2D eigenvalue weighted by molar-refractivity contribution is 7.87. The Labute approximate surface area is 236 Å². The van der Waals surface area contributed by atoms with E-state index in [1.54, 1.807) is 0 Å². The van der Waals surface area contributed by atoms with Gasteiger partial charge in [-0.25, -0.2) is 0 Å². The number of ether oxygens (including phenoxy) is 2. The highest BCUT2D eigenvalue weighted by Gasteiger charge is 2.85. The first kappa shape index (κ1) is 35.2. The van der Waals surface area contributed by atoms with Crippen LogP contribution >= 0.6 is 7.92 Å². The molecular formula is C26H24F9O5PS. The molecule has 0 aromatic heterocycles. The van der Waals surface area contributed by atoms with Gasteiger partial charge >= 0.3 is 33.4 Å². The van der Waals surface area contributed by atoms with Crippen LogP contribution in [0.25, 0.3) is 0 Å². The largest absolute Gasteiger partial charge is 0.494 e. The summed E-state index contributed by atoms with van der Waals surface area (Å²) in [6, 6.07) is 27.7. The van der Waals surface area contributed by atoms with Crippen molar-refractivity contribution in [3.05, 3.63) is 78.9 Å². The lowest BCUT2D eigenvalue weighted by atomic mass is 10.1. The number of alkyl halides is 9. The van der Waals surface area contributed by atoms with Crippen LogP contribution in [0.2, 0.25) is 0 Å². The van der Waals surface area contributed by atoms with Crippen molar-refractivity contribution in [1.82, 2.24) is 0 Å². The summed E-state index contributed by atoms with van der Waals surface area (Å²) in [5.74, 6) is -12.9. The minimum Gasteiger partial charge on any atom is -0.494 e. The zero-order valence-corrected chi connectivity index (χ0v) is 23.5. The van der Waals surface area contributed by atoms with Crippen LogP contribution in [0.15, 0.2) is 78.9 Å². The molecule has 0 aliphatic heterocycles. The summed E-state index contributed by atoms with van der Waals surface area (Å²) in [7, 11) is -7.77. The highest BCUT2D eigenvalue weighted by Crippen LogP contribution is 2.54. The number of halogens is 9. The van der Waals surface area contributed by atoms with Gasteiger partial charge in [0, 0.05) is 0 Å². The second-order valence-corrected chi connectivity index (χ2v) is 11.8. The average molecular weight is 650 g/mol. The molecule has 3 aromatic carbocycles. The van der Waals surface area contributed by atoms with Gasteiger partial charge in [0.1, 0.15) is 11.5 Å². The topological polar surface area (TPSA) is 72.8 Å². The van der Waals surface area contributed by atoms with Crippen molar-refractivity contribution in [2.24, 2.45) is 0 Å². The van der Waals surface area contributed by atoms with Gasteiger partial charge in [-0.3, -0.25) is 4.55 Å². The molecule has 0 unspecified atom stereocenters. The number of hydrogen-bond acceptors (Lipinski definition) is 4. The second-order valence-electron chi connectivity index (χ2n) is 8.16. The molecule has 232 valence electrons. The first-order valence-corrected chi connectivity index (χ1v) is 14.6. The molecule has 0 saturated heterocycles. The maximum absolute atomic E-state index is 12.2. The first-order valence-electron chi connectivity index (χ1n) is 11.8. The first-order chi connectivity index (χ1) is 19.3. The molecular weight excluding hydrogens is 626 g/mol. The Hall–Kier alpha value is -3.03. The predicted octanol–water partition coefficient (Wildman–Crippen LogP) is 6.54. The van der Waals surface area contributed by atoms with Gasteiger partial charge in [-0.05, 0) is 61.9 Å². The maximum atomic E-state index is 12.2. The van der Waals surface area contributed by atoms with Crippen LogP contribution in [0, 0.1) is 0 Å². The van der Waals surface area contributed by atoms with Gasteiger partial charge in [-0.1, -0.05) is 54.6 Å². The van der Waals surface area contributed by atoms with E-state index < -0.39 is 41.3 Å². The zero-order chi connectivity index (χ0) is 32.0. The van der Waals surface area contributed by atoms with E-state index in [9.17, 15) is 47.9 Å². The molecule has 0 spiro atoms. The Morgan fingerprint density at radius 1 is 0.619 bits per heavy atom. The van der Waals surface area contributed by atoms with Crippen LogP contribution < -0.4 is 25.4 Å². The van der Waals surface area contributed by atoms with Crippen molar-refractivity contribution in [1.29, 1.82) is 0 Å². The molecule has 0 atom stereocenters. The number of rotatable bonds is 10. The molecule has 5 nitrogen and oxygen atoms in total.